The lowest BCUT2D eigenvalue weighted by Gasteiger charge is -2.27. The summed E-state index contributed by atoms with van der Waals surface area (Å²) in [5, 5.41) is 8.73. The normalized spacial score (nSPS) is 44.1. The molecule has 2 fully saturated rings. The van der Waals surface area contributed by atoms with Gasteiger partial charge in [-0.2, -0.15) is 0 Å². The van der Waals surface area contributed by atoms with E-state index in [0.717, 1.165) is 12.8 Å². The van der Waals surface area contributed by atoms with Gasteiger partial charge in [-0.25, -0.2) is 0 Å². The summed E-state index contributed by atoms with van der Waals surface area (Å²) >= 11 is 0. The number of aliphatic hydroxyl groups excluding tert-OH is 1. The van der Waals surface area contributed by atoms with Gasteiger partial charge in [-0.05, 0) is 12.8 Å². The van der Waals surface area contributed by atoms with E-state index in [-0.39, 0.29) is 24.6 Å². The Morgan fingerprint density at radius 3 is 2.70 bits per heavy atom. The van der Waals surface area contributed by atoms with Crippen LogP contribution in [0.25, 0.3) is 0 Å². The van der Waals surface area contributed by atoms with Crippen LogP contribution in [0.4, 0.5) is 0 Å². The monoisotopic (exact) mass is 142 g/mol. The number of cyclic esters (lactones) is 1. The highest BCUT2D eigenvalue weighted by atomic mass is 16.6. The van der Waals surface area contributed by atoms with Crippen molar-refractivity contribution in [1.82, 2.24) is 0 Å². The van der Waals surface area contributed by atoms with Gasteiger partial charge in [0.05, 0.1) is 12.5 Å². The molecule has 0 bridgehead atoms. The third kappa shape index (κ3) is 0.611. The van der Waals surface area contributed by atoms with Crippen LogP contribution < -0.4 is 0 Å². The molecule has 0 aromatic carbocycles. The van der Waals surface area contributed by atoms with Gasteiger partial charge in [0.2, 0.25) is 0 Å². The maximum Gasteiger partial charge on any atom is 0.309 e. The van der Waals surface area contributed by atoms with Gasteiger partial charge in [0, 0.05) is 5.92 Å². The molecule has 3 nitrogen and oxygen atoms in total. The Bertz CT molecular complexity index is 164. The Labute approximate surface area is 59.0 Å². The molecular formula is C7H10O3. The minimum absolute atomic E-state index is 0.00704. The number of aliphatic hydroxyl groups is 1. The zero-order chi connectivity index (χ0) is 7.14. The molecule has 0 aromatic rings. The van der Waals surface area contributed by atoms with Crippen molar-refractivity contribution in [2.45, 2.75) is 18.9 Å². The van der Waals surface area contributed by atoms with Crippen molar-refractivity contribution >= 4 is 5.97 Å². The van der Waals surface area contributed by atoms with E-state index < -0.39 is 0 Å². The molecule has 10 heavy (non-hydrogen) atoms. The van der Waals surface area contributed by atoms with Crippen LogP contribution in [0, 0.1) is 11.8 Å². The molecule has 1 heterocycles. The van der Waals surface area contributed by atoms with E-state index in [1.165, 1.54) is 0 Å². The lowest BCUT2D eigenvalue weighted by Crippen LogP contribution is -2.31. The topological polar surface area (TPSA) is 46.5 Å². The van der Waals surface area contributed by atoms with Crippen molar-refractivity contribution in [2.75, 3.05) is 6.61 Å². The third-order valence-corrected chi connectivity index (χ3v) is 2.56. The number of ether oxygens (including phenoxy) is 1. The van der Waals surface area contributed by atoms with Gasteiger partial charge in [0.15, 0.2) is 0 Å². The summed E-state index contributed by atoms with van der Waals surface area (Å²) in [7, 11) is 0. The number of hydrogen-bond donors (Lipinski definition) is 1. The summed E-state index contributed by atoms with van der Waals surface area (Å²) in [6.07, 6.45) is 1.81. The van der Waals surface area contributed by atoms with Gasteiger partial charge in [-0.1, -0.05) is 0 Å². The highest BCUT2D eigenvalue weighted by molar-refractivity contribution is 5.76. The molecule has 3 heteroatoms. The Morgan fingerprint density at radius 1 is 1.60 bits per heavy atom. The molecule has 56 valence electrons. The van der Waals surface area contributed by atoms with Gasteiger partial charge < -0.3 is 9.84 Å². The van der Waals surface area contributed by atoms with Crippen LogP contribution in [-0.4, -0.2) is 23.8 Å². The number of esters is 1. The van der Waals surface area contributed by atoms with Crippen LogP contribution in [0.15, 0.2) is 0 Å². The molecule has 1 saturated carbocycles. The number of carbonyl (C=O) groups is 1. The highest BCUT2D eigenvalue weighted by Crippen LogP contribution is 2.43. The fourth-order valence-electron chi connectivity index (χ4n) is 1.76. The smallest absolute Gasteiger partial charge is 0.309 e. The Morgan fingerprint density at radius 2 is 2.40 bits per heavy atom. The summed E-state index contributed by atoms with van der Waals surface area (Å²) in [5.41, 5.74) is 0. The second-order valence-corrected chi connectivity index (χ2v) is 3.01. The second kappa shape index (κ2) is 1.95. The second-order valence-electron chi connectivity index (χ2n) is 3.01. The van der Waals surface area contributed by atoms with Crippen LogP contribution in [0.2, 0.25) is 0 Å². The molecule has 2 rings (SSSR count). The highest BCUT2D eigenvalue weighted by Gasteiger charge is 2.49. The van der Waals surface area contributed by atoms with E-state index in [0.29, 0.717) is 5.92 Å². The maximum atomic E-state index is 10.9. The molecule has 0 aromatic heterocycles. The molecular weight excluding hydrogens is 132 g/mol. The van der Waals surface area contributed by atoms with Crippen molar-refractivity contribution in [3.63, 3.8) is 0 Å². The van der Waals surface area contributed by atoms with Crippen molar-refractivity contribution in [3.05, 3.63) is 0 Å². The molecule has 3 atom stereocenters. The molecule has 0 spiro atoms. The van der Waals surface area contributed by atoms with E-state index in [2.05, 4.69) is 0 Å². The average Bonchev–Trinajstić information content (AvgIpc) is 2.02. The average molecular weight is 142 g/mol. The molecule has 1 aliphatic carbocycles. The number of carbonyl (C=O) groups excluding carboxylic acids is 1. The lowest BCUT2D eigenvalue weighted by atomic mass is 9.73. The number of hydrogen-bond acceptors (Lipinski definition) is 3. The summed E-state index contributed by atoms with van der Waals surface area (Å²) in [6.45, 7) is -0.00704. The Balaban J connectivity index is 2.09. The van der Waals surface area contributed by atoms with Crippen LogP contribution >= 0.6 is 0 Å². The largest absolute Gasteiger partial charge is 0.459 e. The molecule has 1 N–H and O–H groups in total. The molecule has 2 aliphatic rings. The lowest BCUT2D eigenvalue weighted by molar-refractivity contribution is -0.145. The molecule has 0 unspecified atom stereocenters. The Kier molecular flexibility index (Phi) is 1.20. The van der Waals surface area contributed by atoms with Crippen molar-refractivity contribution in [1.29, 1.82) is 0 Å². The first kappa shape index (κ1) is 6.16. The predicted octanol–water partition coefficient (Wildman–Crippen LogP) is -0.0697. The van der Waals surface area contributed by atoms with Crippen LogP contribution in [-0.2, 0) is 9.53 Å². The van der Waals surface area contributed by atoms with Crippen LogP contribution in [0.3, 0.4) is 0 Å². The van der Waals surface area contributed by atoms with Gasteiger partial charge in [0.25, 0.3) is 0 Å². The minimum atomic E-state index is -0.189. The van der Waals surface area contributed by atoms with Crippen LogP contribution in [0.1, 0.15) is 12.8 Å². The predicted molar refractivity (Wildman–Crippen MR) is 33.2 cm³/mol. The van der Waals surface area contributed by atoms with E-state index >= 15 is 0 Å². The molecule has 0 radical (unpaired) electrons. The van der Waals surface area contributed by atoms with Gasteiger partial charge in [-0.15, -0.1) is 0 Å². The zero-order valence-electron chi connectivity index (χ0n) is 5.62. The van der Waals surface area contributed by atoms with E-state index in [4.69, 9.17) is 9.84 Å². The maximum absolute atomic E-state index is 10.9. The standard InChI is InChI=1S/C7H10O3/c8-3-6-4-1-2-5(4)7(9)10-6/h4-6,8H,1-3H2/t4-,5+,6-/m1/s1. The zero-order valence-corrected chi connectivity index (χ0v) is 5.62. The van der Waals surface area contributed by atoms with Crippen molar-refractivity contribution < 1.29 is 14.6 Å². The first-order valence-electron chi connectivity index (χ1n) is 3.64. The molecule has 1 saturated heterocycles. The summed E-state index contributed by atoms with van der Waals surface area (Å²) in [5.74, 6) is 0.352. The van der Waals surface area contributed by atoms with Crippen LogP contribution in [0.5, 0.6) is 0 Å². The first-order valence-corrected chi connectivity index (χ1v) is 3.64. The van der Waals surface area contributed by atoms with E-state index in [1.807, 2.05) is 0 Å². The summed E-state index contributed by atoms with van der Waals surface area (Å²) in [4.78, 5) is 10.9. The van der Waals surface area contributed by atoms with Gasteiger partial charge in [0.1, 0.15) is 6.10 Å². The quantitative estimate of drug-likeness (QED) is 0.521. The summed E-state index contributed by atoms with van der Waals surface area (Å²) < 4.78 is 4.91. The van der Waals surface area contributed by atoms with Crippen molar-refractivity contribution in [3.8, 4) is 0 Å². The fourth-order valence-corrected chi connectivity index (χ4v) is 1.76. The van der Waals surface area contributed by atoms with Gasteiger partial charge >= 0.3 is 5.97 Å². The summed E-state index contributed by atoms with van der Waals surface area (Å²) in [6, 6.07) is 0. The molecule has 1 aliphatic heterocycles. The van der Waals surface area contributed by atoms with E-state index in [9.17, 15) is 4.79 Å². The minimum Gasteiger partial charge on any atom is -0.459 e. The first-order chi connectivity index (χ1) is 4.83. The Hall–Kier alpha value is -0.570. The van der Waals surface area contributed by atoms with Crippen molar-refractivity contribution in [2.24, 2.45) is 11.8 Å². The van der Waals surface area contributed by atoms with E-state index in [1.54, 1.807) is 0 Å². The van der Waals surface area contributed by atoms with Gasteiger partial charge in [-0.3, -0.25) is 4.79 Å². The fraction of sp³-hybridized carbons (Fsp3) is 0.857. The number of rotatable bonds is 1. The SMILES string of the molecule is O=C1O[C@H](CO)[C@@H]2CC[C@H]12. The number of fused-ring (bicyclic) bond motifs is 1. The third-order valence-electron chi connectivity index (χ3n) is 2.56. The molecule has 0 amide bonds.